The second-order valence-corrected chi connectivity index (χ2v) is 6.71. The van der Waals surface area contributed by atoms with E-state index in [0.717, 1.165) is 12.3 Å². The summed E-state index contributed by atoms with van der Waals surface area (Å²) in [6, 6.07) is 0.429. The topological polar surface area (TPSA) is 23.5 Å². The third-order valence-electron chi connectivity index (χ3n) is 4.95. The Hall–Kier alpha value is -0.0800. The Labute approximate surface area is 106 Å². The van der Waals surface area contributed by atoms with E-state index in [1.807, 2.05) is 0 Å². The van der Waals surface area contributed by atoms with Crippen LogP contribution in [-0.2, 0) is 0 Å². The number of aliphatic hydroxyl groups is 1. The lowest BCUT2D eigenvalue weighted by atomic mass is 9.80. The minimum absolute atomic E-state index is 0.0829. The number of likely N-dealkylation sites (tertiary alicyclic amines) is 1. The second kappa shape index (κ2) is 5.27. The summed E-state index contributed by atoms with van der Waals surface area (Å²) in [5.41, 5.74) is 0.305. The molecule has 0 radical (unpaired) electrons. The van der Waals surface area contributed by atoms with E-state index >= 15 is 0 Å². The summed E-state index contributed by atoms with van der Waals surface area (Å²) in [4.78, 5) is 2.60. The van der Waals surface area contributed by atoms with Gasteiger partial charge in [-0.15, -0.1) is 0 Å². The van der Waals surface area contributed by atoms with Crippen LogP contribution in [0.25, 0.3) is 0 Å². The van der Waals surface area contributed by atoms with E-state index in [2.05, 4.69) is 25.7 Å². The summed E-state index contributed by atoms with van der Waals surface area (Å²) in [5.74, 6) is 0.852. The minimum atomic E-state index is -0.0829. The van der Waals surface area contributed by atoms with Gasteiger partial charge in [-0.3, -0.25) is 4.90 Å². The van der Waals surface area contributed by atoms with E-state index < -0.39 is 0 Å². The monoisotopic (exact) mass is 239 g/mol. The van der Waals surface area contributed by atoms with Crippen molar-refractivity contribution in [1.82, 2.24) is 4.90 Å². The summed E-state index contributed by atoms with van der Waals surface area (Å²) in [6.45, 7) is 8.15. The maximum Gasteiger partial charge on any atom is 0.0695 e. The maximum absolute atomic E-state index is 10.3. The largest absolute Gasteiger partial charge is 0.391 e. The molecule has 17 heavy (non-hydrogen) atoms. The van der Waals surface area contributed by atoms with Crippen LogP contribution < -0.4 is 0 Å². The normalized spacial score (nSPS) is 38.5. The third-order valence-corrected chi connectivity index (χ3v) is 4.95. The fourth-order valence-corrected chi connectivity index (χ4v) is 3.96. The Balaban J connectivity index is 2.02. The first-order valence-corrected chi connectivity index (χ1v) is 7.49. The third kappa shape index (κ3) is 2.85. The second-order valence-electron chi connectivity index (χ2n) is 6.71. The maximum atomic E-state index is 10.3. The molecule has 2 rings (SSSR count). The van der Waals surface area contributed by atoms with Crippen LogP contribution in [0.5, 0.6) is 0 Å². The Bertz CT molecular complexity index is 251. The predicted molar refractivity (Wildman–Crippen MR) is 72.1 cm³/mol. The molecule has 0 amide bonds. The van der Waals surface area contributed by atoms with Gasteiger partial charge in [-0.25, -0.2) is 0 Å². The van der Waals surface area contributed by atoms with Crippen LogP contribution in [0.15, 0.2) is 0 Å². The van der Waals surface area contributed by atoms with Crippen LogP contribution >= 0.6 is 0 Å². The molecule has 0 bridgehead atoms. The van der Waals surface area contributed by atoms with Crippen molar-refractivity contribution in [3.8, 4) is 0 Å². The standard InChI is InChI=1S/C15H29NO/c1-4-6-12-7-8-14(17)13(11-12)16-10-5-9-15(16,2)3/h12-14,17H,4-11H2,1-3H3. The molecule has 1 heterocycles. The SMILES string of the molecule is CCCC1CCC(O)C(N2CCCC2(C)C)C1. The average Bonchev–Trinajstić information content (AvgIpc) is 2.61. The van der Waals surface area contributed by atoms with Gasteiger partial charge in [-0.05, 0) is 58.4 Å². The number of aliphatic hydroxyl groups excluding tert-OH is 1. The van der Waals surface area contributed by atoms with Gasteiger partial charge in [-0.1, -0.05) is 19.8 Å². The molecule has 1 aliphatic carbocycles. The number of hydrogen-bond donors (Lipinski definition) is 1. The van der Waals surface area contributed by atoms with Gasteiger partial charge in [0.15, 0.2) is 0 Å². The summed E-state index contributed by atoms with van der Waals surface area (Å²) < 4.78 is 0. The highest BCUT2D eigenvalue weighted by Gasteiger charge is 2.41. The van der Waals surface area contributed by atoms with Gasteiger partial charge in [0, 0.05) is 11.6 Å². The summed E-state index contributed by atoms with van der Waals surface area (Å²) in [6.07, 6.45) is 8.61. The lowest BCUT2D eigenvalue weighted by Crippen LogP contribution is -2.53. The van der Waals surface area contributed by atoms with Crippen molar-refractivity contribution in [2.75, 3.05) is 6.54 Å². The average molecular weight is 239 g/mol. The van der Waals surface area contributed by atoms with Crippen molar-refractivity contribution in [1.29, 1.82) is 0 Å². The molecule has 2 heteroatoms. The van der Waals surface area contributed by atoms with E-state index in [0.29, 0.717) is 11.6 Å². The molecule has 3 atom stereocenters. The lowest BCUT2D eigenvalue weighted by Gasteiger charge is -2.44. The number of hydrogen-bond acceptors (Lipinski definition) is 2. The fraction of sp³-hybridized carbons (Fsp3) is 1.00. The molecule has 0 aromatic heterocycles. The van der Waals surface area contributed by atoms with Crippen LogP contribution in [0.3, 0.4) is 0 Å². The molecule has 2 nitrogen and oxygen atoms in total. The van der Waals surface area contributed by atoms with Crippen LogP contribution in [0.2, 0.25) is 0 Å². The van der Waals surface area contributed by atoms with Gasteiger partial charge in [0.25, 0.3) is 0 Å². The highest BCUT2D eigenvalue weighted by atomic mass is 16.3. The highest BCUT2D eigenvalue weighted by molar-refractivity contribution is 4.96. The summed E-state index contributed by atoms with van der Waals surface area (Å²) in [5, 5.41) is 10.3. The quantitative estimate of drug-likeness (QED) is 0.817. The first kappa shape index (κ1) is 13.4. The van der Waals surface area contributed by atoms with Gasteiger partial charge < -0.3 is 5.11 Å². The summed E-state index contributed by atoms with van der Waals surface area (Å²) in [7, 11) is 0. The predicted octanol–water partition coefficient (Wildman–Crippen LogP) is 3.19. The van der Waals surface area contributed by atoms with Crippen molar-refractivity contribution in [2.45, 2.75) is 83.4 Å². The van der Waals surface area contributed by atoms with E-state index in [1.165, 1.54) is 45.1 Å². The first-order chi connectivity index (χ1) is 8.04. The van der Waals surface area contributed by atoms with E-state index in [4.69, 9.17) is 0 Å². The molecular weight excluding hydrogens is 210 g/mol. The lowest BCUT2D eigenvalue weighted by molar-refractivity contribution is -0.0236. The highest BCUT2D eigenvalue weighted by Crippen LogP contribution is 2.38. The molecule has 1 aliphatic heterocycles. The van der Waals surface area contributed by atoms with E-state index in [9.17, 15) is 5.11 Å². The number of nitrogens with zero attached hydrogens (tertiary/aromatic N) is 1. The molecule has 0 aromatic rings. The molecular formula is C15H29NO. The fourth-order valence-electron chi connectivity index (χ4n) is 3.96. The van der Waals surface area contributed by atoms with Crippen molar-refractivity contribution >= 4 is 0 Å². The van der Waals surface area contributed by atoms with Gasteiger partial charge in [-0.2, -0.15) is 0 Å². The van der Waals surface area contributed by atoms with E-state index in [1.54, 1.807) is 0 Å². The van der Waals surface area contributed by atoms with Crippen LogP contribution in [-0.4, -0.2) is 34.2 Å². The van der Waals surface area contributed by atoms with Crippen molar-refractivity contribution in [2.24, 2.45) is 5.92 Å². The first-order valence-electron chi connectivity index (χ1n) is 7.49. The van der Waals surface area contributed by atoms with Gasteiger partial charge in [0.2, 0.25) is 0 Å². The molecule has 1 saturated carbocycles. The smallest absolute Gasteiger partial charge is 0.0695 e. The molecule has 2 aliphatic rings. The molecule has 1 N–H and O–H groups in total. The van der Waals surface area contributed by atoms with Crippen LogP contribution in [0, 0.1) is 5.92 Å². The Kier molecular flexibility index (Phi) is 4.14. The van der Waals surface area contributed by atoms with Gasteiger partial charge >= 0.3 is 0 Å². The van der Waals surface area contributed by atoms with Gasteiger partial charge in [0.05, 0.1) is 6.10 Å². The van der Waals surface area contributed by atoms with Gasteiger partial charge in [0.1, 0.15) is 0 Å². The van der Waals surface area contributed by atoms with Crippen LogP contribution in [0.1, 0.15) is 65.7 Å². The molecule has 0 aromatic carbocycles. The Morgan fingerprint density at radius 3 is 2.65 bits per heavy atom. The molecule has 3 unspecified atom stereocenters. The molecule has 2 fully saturated rings. The number of rotatable bonds is 3. The van der Waals surface area contributed by atoms with Crippen molar-refractivity contribution in [3.05, 3.63) is 0 Å². The van der Waals surface area contributed by atoms with E-state index in [-0.39, 0.29) is 6.10 Å². The molecule has 0 spiro atoms. The van der Waals surface area contributed by atoms with Crippen molar-refractivity contribution < 1.29 is 5.11 Å². The Morgan fingerprint density at radius 2 is 2.06 bits per heavy atom. The van der Waals surface area contributed by atoms with Crippen molar-refractivity contribution in [3.63, 3.8) is 0 Å². The summed E-state index contributed by atoms with van der Waals surface area (Å²) >= 11 is 0. The zero-order chi connectivity index (χ0) is 12.5. The zero-order valence-electron chi connectivity index (χ0n) is 11.8. The minimum Gasteiger partial charge on any atom is -0.391 e. The zero-order valence-corrected chi connectivity index (χ0v) is 11.8. The molecule has 1 saturated heterocycles. The molecule has 100 valence electrons. The van der Waals surface area contributed by atoms with Crippen LogP contribution in [0.4, 0.5) is 0 Å². The Morgan fingerprint density at radius 1 is 1.29 bits per heavy atom.